The van der Waals surface area contributed by atoms with Crippen LogP contribution in [0.25, 0.3) is 0 Å². The highest BCUT2D eigenvalue weighted by Crippen LogP contribution is 2.16. The highest BCUT2D eigenvalue weighted by molar-refractivity contribution is 7.90. The molecule has 1 aromatic carbocycles. The number of hydrogen-bond acceptors (Lipinski definition) is 4. The largest absolute Gasteiger partial charge is 0.494 e. The van der Waals surface area contributed by atoms with Crippen LogP contribution in [0.4, 0.5) is 0 Å². The average Bonchev–Trinajstić information content (AvgIpc) is 2.43. The Kier molecular flexibility index (Phi) is 7.38. The zero-order valence-corrected chi connectivity index (χ0v) is 14.3. The molecule has 0 aliphatic rings. The third-order valence-electron chi connectivity index (χ3n) is 3.11. The Morgan fingerprint density at radius 2 is 1.86 bits per heavy atom. The molecule has 0 saturated heterocycles. The first-order valence-electron chi connectivity index (χ1n) is 7.48. The molecule has 1 rings (SSSR count). The van der Waals surface area contributed by atoms with Crippen LogP contribution in [0.3, 0.4) is 0 Å². The third kappa shape index (κ3) is 7.45. The Bertz CT molecular complexity index is 564. The Labute approximate surface area is 133 Å². The number of benzene rings is 1. The lowest BCUT2D eigenvalue weighted by molar-refractivity contribution is -0.121. The van der Waals surface area contributed by atoms with Gasteiger partial charge in [0.25, 0.3) is 0 Å². The number of ether oxygens (including phenoxy) is 1. The molecule has 0 atom stereocenters. The maximum atomic E-state index is 11.6. The van der Waals surface area contributed by atoms with Crippen molar-refractivity contribution in [2.75, 3.05) is 19.4 Å². The fourth-order valence-electron chi connectivity index (χ4n) is 1.79. The van der Waals surface area contributed by atoms with Gasteiger partial charge < -0.3 is 10.1 Å². The Balaban J connectivity index is 2.23. The highest BCUT2D eigenvalue weighted by atomic mass is 32.2. The normalized spacial score (nSPS) is 11.5. The molecule has 5 nitrogen and oxygen atoms in total. The molecule has 0 bridgehead atoms. The molecule has 22 heavy (non-hydrogen) atoms. The van der Waals surface area contributed by atoms with Crippen molar-refractivity contribution in [1.82, 2.24) is 5.32 Å². The first-order chi connectivity index (χ1) is 10.3. The summed E-state index contributed by atoms with van der Waals surface area (Å²) >= 11 is 0. The van der Waals surface area contributed by atoms with Crippen molar-refractivity contribution in [1.29, 1.82) is 0 Å². The number of sulfone groups is 1. The molecule has 0 unspecified atom stereocenters. The molecule has 1 aromatic rings. The van der Waals surface area contributed by atoms with Gasteiger partial charge >= 0.3 is 0 Å². The van der Waals surface area contributed by atoms with Crippen LogP contribution in [-0.2, 0) is 14.6 Å². The second-order valence-electron chi connectivity index (χ2n) is 5.73. The summed E-state index contributed by atoms with van der Waals surface area (Å²) in [6, 6.07) is 6.28. The summed E-state index contributed by atoms with van der Waals surface area (Å²) in [7, 11) is -3.18. The summed E-state index contributed by atoms with van der Waals surface area (Å²) in [4.78, 5) is 11.8. The zero-order chi connectivity index (χ0) is 16.6. The molecule has 0 aliphatic heterocycles. The fraction of sp³-hybridized carbons (Fsp3) is 0.562. The molecule has 0 radical (unpaired) electrons. The lowest BCUT2D eigenvalue weighted by Crippen LogP contribution is -2.25. The van der Waals surface area contributed by atoms with Crippen LogP contribution in [0, 0.1) is 5.92 Å². The summed E-state index contributed by atoms with van der Waals surface area (Å²) in [5.74, 6) is 1.22. The van der Waals surface area contributed by atoms with Gasteiger partial charge in [0.05, 0.1) is 11.5 Å². The number of carbonyl (C=O) groups is 1. The van der Waals surface area contributed by atoms with Crippen molar-refractivity contribution >= 4 is 15.7 Å². The summed E-state index contributed by atoms with van der Waals surface area (Å²) in [5, 5.41) is 2.88. The van der Waals surface area contributed by atoms with Crippen molar-refractivity contribution in [3.05, 3.63) is 24.3 Å². The Morgan fingerprint density at radius 3 is 2.41 bits per heavy atom. The van der Waals surface area contributed by atoms with E-state index in [0.29, 0.717) is 37.7 Å². The van der Waals surface area contributed by atoms with Crippen LogP contribution in [0.2, 0.25) is 0 Å². The molecule has 0 fully saturated rings. The smallest absolute Gasteiger partial charge is 0.220 e. The van der Waals surface area contributed by atoms with Gasteiger partial charge in [-0.1, -0.05) is 13.8 Å². The topological polar surface area (TPSA) is 72.5 Å². The maximum Gasteiger partial charge on any atom is 0.220 e. The van der Waals surface area contributed by atoms with Gasteiger partial charge in [0.15, 0.2) is 9.84 Å². The standard InChI is InChI=1S/C16H25NO4S/c1-13(2)10-11-17-16(18)5-4-12-21-14-6-8-15(9-7-14)22(3,19)20/h6-9,13H,4-5,10-12H2,1-3H3,(H,17,18). The molecule has 1 amide bonds. The molecule has 0 saturated carbocycles. The molecule has 0 spiro atoms. The molecular formula is C16H25NO4S. The van der Waals surface area contributed by atoms with Gasteiger partial charge in [-0.3, -0.25) is 4.79 Å². The molecule has 0 heterocycles. The average molecular weight is 327 g/mol. The minimum absolute atomic E-state index is 0.0386. The van der Waals surface area contributed by atoms with Crippen LogP contribution >= 0.6 is 0 Å². The van der Waals surface area contributed by atoms with Crippen LogP contribution in [0.5, 0.6) is 5.75 Å². The minimum atomic E-state index is -3.18. The van der Waals surface area contributed by atoms with Gasteiger partial charge in [0.1, 0.15) is 5.75 Å². The van der Waals surface area contributed by atoms with E-state index in [2.05, 4.69) is 19.2 Å². The second kappa shape index (κ2) is 8.78. The second-order valence-corrected chi connectivity index (χ2v) is 7.74. The maximum absolute atomic E-state index is 11.6. The van der Waals surface area contributed by atoms with Gasteiger partial charge in [-0.15, -0.1) is 0 Å². The Hall–Kier alpha value is -1.56. The predicted molar refractivity (Wildman–Crippen MR) is 86.7 cm³/mol. The van der Waals surface area contributed by atoms with Crippen LogP contribution < -0.4 is 10.1 Å². The van der Waals surface area contributed by atoms with E-state index in [1.165, 1.54) is 18.4 Å². The van der Waals surface area contributed by atoms with Gasteiger partial charge in [0.2, 0.25) is 5.91 Å². The van der Waals surface area contributed by atoms with E-state index in [9.17, 15) is 13.2 Å². The fourth-order valence-corrected chi connectivity index (χ4v) is 2.42. The van der Waals surface area contributed by atoms with E-state index >= 15 is 0 Å². The summed E-state index contributed by atoms with van der Waals surface area (Å²) in [5.41, 5.74) is 0. The van der Waals surface area contributed by atoms with E-state index in [-0.39, 0.29) is 10.8 Å². The number of rotatable bonds is 9. The van der Waals surface area contributed by atoms with Crippen LogP contribution in [0.15, 0.2) is 29.2 Å². The van der Waals surface area contributed by atoms with Gasteiger partial charge in [-0.2, -0.15) is 0 Å². The number of carbonyl (C=O) groups excluding carboxylic acids is 1. The number of amides is 1. The predicted octanol–water partition coefficient (Wildman–Crippen LogP) is 2.41. The number of hydrogen-bond donors (Lipinski definition) is 1. The quantitative estimate of drug-likeness (QED) is 0.707. The van der Waals surface area contributed by atoms with Crippen molar-refractivity contribution in [3.8, 4) is 5.75 Å². The van der Waals surface area contributed by atoms with E-state index in [1.54, 1.807) is 12.1 Å². The minimum Gasteiger partial charge on any atom is -0.494 e. The van der Waals surface area contributed by atoms with E-state index in [0.717, 1.165) is 6.42 Å². The summed E-state index contributed by atoms with van der Waals surface area (Å²) in [6.07, 6.45) is 3.20. The number of nitrogens with one attached hydrogen (secondary N) is 1. The molecular weight excluding hydrogens is 302 g/mol. The lowest BCUT2D eigenvalue weighted by atomic mass is 10.1. The molecule has 124 valence electrons. The third-order valence-corrected chi connectivity index (χ3v) is 4.24. The summed E-state index contributed by atoms with van der Waals surface area (Å²) < 4.78 is 28.1. The van der Waals surface area contributed by atoms with Gasteiger partial charge in [-0.05, 0) is 43.0 Å². The van der Waals surface area contributed by atoms with Crippen LogP contribution in [0.1, 0.15) is 33.1 Å². The SMILES string of the molecule is CC(C)CCNC(=O)CCCOc1ccc(S(C)(=O)=O)cc1. The first-order valence-corrected chi connectivity index (χ1v) is 9.38. The Morgan fingerprint density at radius 1 is 1.23 bits per heavy atom. The lowest BCUT2D eigenvalue weighted by Gasteiger charge is -2.08. The van der Waals surface area contributed by atoms with Crippen molar-refractivity contribution < 1.29 is 17.9 Å². The van der Waals surface area contributed by atoms with Crippen LogP contribution in [-0.4, -0.2) is 33.7 Å². The van der Waals surface area contributed by atoms with Gasteiger partial charge in [0, 0.05) is 19.2 Å². The monoisotopic (exact) mass is 327 g/mol. The highest BCUT2D eigenvalue weighted by Gasteiger charge is 2.06. The van der Waals surface area contributed by atoms with Crippen molar-refractivity contribution in [2.45, 2.75) is 38.0 Å². The zero-order valence-electron chi connectivity index (χ0n) is 13.5. The molecule has 6 heteroatoms. The van der Waals surface area contributed by atoms with Gasteiger partial charge in [-0.25, -0.2) is 8.42 Å². The molecule has 0 aliphatic carbocycles. The molecule has 1 N–H and O–H groups in total. The first kappa shape index (κ1) is 18.5. The van der Waals surface area contributed by atoms with Crippen molar-refractivity contribution in [2.24, 2.45) is 5.92 Å². The van der Waals surface area contributed by atoms with Crippen molar-refractivity contribution in [3.63, 3.8) is 0 Å². The van der Waals surface area contributed by atoms with E-state index in [1.807, 2.05) is 0 Å². The summed E-state index contributed by atoms with van der Waals surface area (Å²) in [6.45, 7) is 5.38. The van der Waals surface area contributed by atoms with E-state index < -0.39 is 9.84 Å². The molecule has 0 aromatic heterocycles. The van der Waals surface area contributed by atoms with E-state index in [4.69, 9.17) is 4.74 Å².